The first kappa shape index (κ1) is 14.0. The van der Waals surface area contributed by atoms with Crippen LogP contribution in [0.15, 0.2) is 14.3 Å². The predicted octanol–water partition coefficient (Wildman–Crippen LogP) is 3.85. The number of rotatable bonds is 5. The van der Waals surface area contributed by atoms with Gasteiger partial charge in [0.05, 0.1) is 3.79 Å². The van der Waals surface area contributed by atoms with E-state index in [1.807, 2.05) is 0 Å². The minimum absolute atomic E-state index is 0.975. The lowest BCUT2D eigenvalue weighted by Gasteiger charge is -2.26. The van der Waals surface area contributed by atoms with Crippen LogP contribution in [0, 0.1) is 0 Å². The van der Waals surface area contributed by atoms with Crippen LogP contribution in [0.25, 0.3) is 0 Å². The fourth-order valence-corrected chi connectivity index (χ4v) is 4.26. The van der Waals surface area contributed by atoms with Crippen molar-refractivity contribution in [2.24, 2.45) is 0 Å². The van der Waals surface area contributed by atoms with E-state index in [0.717, 1.165) is 17.6 Å². The van der Waals surface area contributed by atoms with Gasteiger partial charge in [-0.2, -0.15) is 0 Å². The van der Waals surface area contributed by atoms with Gasteiger partial charge in [0.1, 0.15) is 0 Å². The molecule has 0 aromatic carbocycles. The largest absolute Gasteiger partial charge is 0.311 e. The van der Waals surface area contributed by atoms with Crippen molar-refractivity contribution in [3.63, 3.8) is 0 Å². The summed E-state index contributed by atoms with van der Waals surface area (Å²) in [6.45, 7) is 5.83. The number of hydrogen-bond acceptors (Lipinski definition) is 3. The van der Waals surface area contributed by atoms with Gasteiger partial charge < -0.3 is 10.2 Å². The summed E-state index contributed by atoms with van der Waals surface area (Å²) in [4.78, 5) is 3.94. The van der Waals surface area contributed by atoms with Crippen LogP contribution in [-0.4, -0.2) is 31.1 Å². The molecule has 0 aliphatic carbocycles. The van der Waals surface area contributed by atoms with E-state index in [4.69, 9.17) is 0 Å². The molecule has 0 saturated carbocycles. The molecule has 1 aliphatic heterocycles. The molecule has 17 heavy (non-hydrogen) atoms. The summed E-state index contributed by atoms with van der Waals surface area (Å²) in [6.07, 6.45) is 4.18. The van der Waals surface area contributed by atoms with Gasteiger partial charge in [-0.05, 0) is 63.9 Å². The smallest absolute Gasteiger partial charge is 0.0843 e. The second kappa shape index (κ2) is 7.24. The highest BCUT2D eigenvalue weighted by molar-refractivity contribution is 9.13. The van der Waals surface area contributed by atoms with Crippen LogP contribution in [0.5, 0.6) is 0 Å². The van der Waals surface area contributed by atoms with Crippen molar-refractivity contribution in [2.75, 3.05) is 26.2 Å². The van der Waals surface area contributed by atoms with Crippen LogP contribution in [-0.2, 0) is 6.54 Å². The number of hydrogen-bond donors (Lipinski definition) is 1. The summed E-state index contributed by atoms with van der Waals surface area (Å²) >= 11 is 8.83. The van der Waals surface area contributed by atoms with E-state index in [0.29, 0.717) is 0 Å². The maximum atomic E-state index is 3.52. The van der Waals surface area contributed by atoms with Crippen molar-refractivity contribution in [2.45, 2.75) is 25.8 Å². The average Bonchev–Trinajstić information content (AvgIpc) is 2.66. The Labute approximate surface area is 124 Å². The lowest BCUT2D eigenvalue weighted by molar-refractivity contribution is 0.229. The van der Waals surface area contributed by atoms with E-state index in [1.165, 1.54) is 47.6 Å². The minimum Gasteiger partial charge on any atom is -0.311 e. The normalized spacial score (nSPS) is 17.5. The molecule has 1 N–H and O–H groups in total. The van der Waals surface area contributed by atoms with Gasteiger partial charge in [-0.1, -0.05) is 6.42 Å². The highest BCUT2D eigenvalue weighted by atomic mass is 79.9. The van der Waals surface area contributed by atoms with E-state index in [1.54, 1.807) is 11.3 Å². The van der Waals surface area contributed by atoms with Gasteiger partial charge in [-0.3, -0.25) is 0 Å². The van der Waals surface area contributed by atoms with Crippen LogP contribution in [0.3, 0.4) is 0 Å². The quantitative estimate of drug-likeness (QED) is 0.779. The Kier molecular flexibility index (Phi) is 5.96. The summed E-state index contributed by atoms with van der Waals surface area (Å²) in [7, 11) is 0. The van der Waals surface area contributed by atoms with Crippen LogP contribution < -0.4 is 5.32 Å². The molecule has 0 unspecified atom stereocenters. The first-order valence-electron chi connectivity index (χ1n) is 6.12. The molecule has 5 heteroatoms. The highest BCUT2D eigenvalue weighted by Crippen LogP contribution is 2.32. The van der Waals surface area contributed by atoms with E-state index < -0.39 is 0 Å². The summed E-state index contributed by atoms with van der Waals surface area (Å²) in [5, 5.41) is 3.52. The fraction of sp³-hybridized carbons (Fsp3) is 0.667. The number of piperidine rings is 1. The molecule has 0 atom stereocenters. The second-order valence-electron chi connectivity index (χ2n) is 4.41. The van der Waals surface area contributed by atoms with Gasteiger partial charge in [0.2, 0.25) is 0 Å². The maximum absolute atomic E-state index is 3.52. The van der Waals surface area contributed by atoms with Crippen LogP contribution in [0.2, 0.25) is 0 Å². The van der Waals surface area contributed by atoms with E-state index in [-0.39, 0.29) is 0 Å². The first-order valence-corrected chi connectivity index (χ1v) is 8.53. The topological polar surface area (TPSA) is 15.3 Å². The second-order valence-corrected chi connectivity index (χ2v) is 7.72. The third kappa shape index (κ3) is 4.63. The lowest BCUT2D eigenvalue weighted by Crippen LogP contribution is -2.35. The zero-order valence-corrected chi connectivity index (χ0v) is 13.8. The molecule has 0 bridgehead atoms. The van der Waals surface area contributed by atoms with E-state index in [2.05, 4.69) is 48.1 Å². The molecule has 2 heterocycles. The molecule has 2 rings (SSSR count). The van der Waals surface area contributed by atoms with Gasteiger partial charge in [0.25, 0.3) is 0 Å². The number of thiophene rings is 1. The molecule has 1 saturated heterocycles. The van der Waals surface area contributed by atoms with Crippen LogP contribution in [0.1, 0.15) is 24.1 Å². The van der Waals surface area contributed by atoms with Crippen LogP contribution >= 0.6 is 43.2 Å². The highest BCUT2D eigenvalue weighted by Gasteiger charge is 2.09. The Morgan fingerprint density at radius 3 is 2.65 bits per heavy atom. The van der Waals surface area contributed by atoms with Crippen molar-refractivity contribution < 1.29 is 0 Å². The monoisotopic (exact) mass is 380 g/mol. The number of halogens is 2. The summed E-state index contributed by atoms with van der Waals surface area (Å²) < 4.78 is 2.35. The van der Waals surface area contributed by atoms with E-state index in [9.17, 15) is 0 Å². The van der Waals surface area contributed by atoms with Crippen molar-refractivity contribution in [3.8, 4) is 0 Å². The van der Waals surface area contributed by atoms with Gasteiger partial charge in [0.15, 0.2) is 0 Å². The fourth-order valence-electron chi connectivity index (χ4n) is 2.11. The summed E-state index contributed by atoms with van der Waals surface area (Å²) in [6, 6.07) is 2.18. The third-order valence-electron chi connectivity index (χ3n) is 3.05. The molecule has 1 aromatic heterocycles. The van der Waals surface area contributed by atoms with Crippen LogP contribution in [0.4, 0.5) is 0 Å². The number of nitrogens with zero attached hydrogens (tertiary/aromatic N) is 1. The molecule has 1 fully saturated rings. The number of nitrogens with one attached hydrogen (secondary N) is 1. The summed E-state index contributed by atoms with van der Waals surface area (Å²) in [5.74, 6) is 0. The van der Waals surface area contributed by atoms with Crippen molar-refractivity contribution in [3.05, 3.63) is 19.2 Å². The molecular weight excluding hydrogens is 364 g/mol. The van der Waals surface area contributed by atoms with Gasteiger partial charge >= 0.3 is 0 Å². The molecule has 1 aliphatic rings. The standard InChI is InChI=1S/C12H18Br2N2S/c13-11-8-10(17-12(11)14)9-15-4-7-16-5-2-1-3-6-16/h8,15H,1-7,9H2. The first-order chi connectivity index (χ1) is 8.25. The molecule has 0 amide bonds. The molecule has 96 valence electrons. The SMILES string of the molecule is Brc1cc(CNCCN2CCCCC2)sc1Br. The van der Waals surface area contributed by atoms with Gasteiger partial charge in [-0.15, -0.1) is 11.3 Å². The minimum atomic E-state index is 0.975. The average molecular weight is 382 g/mol. The Morgan fingerprint density at radius 1 is 1.24 bits per heavy atom. The Morgan fingerprint density at radius 2 is 2.00 bits per heavy atom. The Balaban J connectivity index is 1.62. The lowest BCUT2D eigenvalue weighted by atomic mass is 10.1. The predicted molar refractivity (Wildman–Crippen MR) is 81.7 cm³/mol. The van der Waals surface area contributed by atoms with Crippen molar-refractivity contribution >= 4 is 43.2 Å². The zero-order valence-electron chi connectivity index (χ0n) is 9.85. The van der Waals surface area contributed by atoms with E-state index >= 15 is 0 Å². The Hall–Kier alpha value is 0.580. The molecule has 0 radical (unpaired) electrons. The Bertz CT molecular complexity index is 329. The summed E-state index contributed by atoms with van der Waals surface area (Å²) in [5.41, 5.74) is 0. The van der Waals surface area contributed by atoms with Gasteiger partial charge in [-0.25, -0.2) is 0 Å². The molecule has 2 nitrogen and oxygen atoms in total. The molecule has 0 spiro atoms. The zero-order chi connectivity index (χ0) is 12.1. The molecule has 1 aromatic rings. The maximum Gasteiger partial charge on any atom is 0.0843 e. The molecular formula is C12H18Br2N2S. The number of likely N-dealkylation sites (tertiary alicyclic amines) is 1. The van der Waals surface area contributed by atoms with Crippen molar-refractivity contribution in [1.82, 2.24) is 10.2 Å². The third-order valence-corrected chi connectivity index (χ3v) is 6.31. The van der Waals surface area contributed by atoms with Gasteiger partial charge in [0, 0.05) is 29.0 Å². The van der Waals surface area contributed by atoms with Crippen molar-refractivity contribution in [1.29, 1.82) is 0 Å².